The summed E-state index contributed by atoms with van der Waals surface area (Å²) in [5.74, 6) is 1.82. The molecule has 0 aliphatic heterocycles. The third kappa shape index (κ3) is 4.21. The van der Waals surface area contributed by atoms with Gasteiger partial charge >= 0.3 is 0 Å². The van der Waals surface area contributed by atoms with E-state index < -0.39 is 0 Å². The maximum absolute atomic E-state index is 12.7. The highest BCUT2D eigenvalue weighted by molar-refractivity contribution is 7.99. The molecule has 152 valence electrons. The Bertz CT molecular complexity index is 1060. The average molecular weight is 431 g/mol. The quantitative estimate of drug-likeness (QED) is 0.380. The molecule has 2 aromatic heterocycles. The third-order valence-electron chi connectivity index (χ3n) is 5.25. The number of ether oxygens (including phenoxy) is 1. The van der Waals surface area contributed by atoms with Gasteiger partial charge < -0.3 is 9.30 Å². The van der Waals surface area contributed by atoms with E-state index in [1.54, 1.807) is 6.07 Å². The lowest BCUT2D eigenvalue weighted by atomic mass is 10.2. The van der Waals surface area contributed by atoms with E-state index in [4.69, 9.17) is 16.3 Å². The molecule has 1 aliphatic carbocycles. The van der Waals surface area contributed by atoms with Crippen molar-refractivity contribution in [2.75, 3.05) is 5.75 Å². The first kappa shape index (κ1) is 20.0. The van der Waals surface area contributed by atoms with Crippen LogP contribution in [-0.2, 0) is 13.7 Å². The average Bonchev–Trinajstić information content (AvgIpc) is 3.42. The largest absolute Gasteiger partial charge is 0.484 e. The molecule has 0 bridgehead atoms. The lowest BCUT2D eigenvalue weighted by molar-refractivity contribution is 0.102. The highest BCUT2D eigenvalue weighted by atomic mass is 35.5. The molecule has 29 heavy (non-hydrogen) atoms. The molecule has 1 fully saturated rings. The number of halogens is 1. The van der Waals surface area contributed by atoms with Crippen molar-refractivity contribution in [3.8, 4) is 5.75 Å². The number of thioether (sulfide) groups is 1. The van der Waals surface area contributed by atoms with Crippen LogP contribution in [0, 0.1) is 13.8 Å². The Kier molecular flexibility index (Phi) is 5.69. The number of hydrogen-bond donors (Lipinski definition) is 0. The molecule has 1 aliphatic rings. The molecular weight excluding hydrogens is 408 g/mol. The number of hydrogen-bond acceptors (Lipinski definition) is 5. The summed E-state index contributed by atoms with van der Waals surface area (Å²) in [5.41, 5.74) is 2.85. The lowest BCUT2D eigenvalue weighted by Gasteiger charge is -2.10. The van der Waals surface area contributed by atoms with E-state index in [2.05, 4.69) is 14.8 Å². The van der Waals surface area contributed by atoms with Gasteiger partial charge in [-0.15, -0.1) is 10.2 Å². The van der Waals surface area contributed by atoms with Crippen molar-refractivity contribution in [3.05, 3.63) is 58.1 Å². The smallest absolute Gasteiger partial charge is 0.192 e. The van der Waals surface area contributed by atoms with Crippen LogP contribution >= 0.6 is 23.4 Å². The van der Waals surface area contributed by atoms with Gasteiger partial charge in [-0.3, -0.25) is 9.36 Å². The fourth-order valence-electron chi connectivity index (χ4n) is 3.25. The number of ketones is 1. The van der Waals surface area contributed by atoms with Gasteiger partial charge in [-0.2, -0.15) is 0 Å². The standard InChI is InChI=1S/C21H23ClN4O2S/c1-13-10-16(14(2)25(13)3)18(27)12-29-21-24-23-20(26(21)15-8-9-15)11-28-19-7-5-4-6-17(19)22/h4-7,10,15H,8-9,11-12H2,1-3H3. The van der Waals surface area contributed by atoms with Gasteiger partial charge in [-0.25, -0.2) is 0 Å². The van der Waals surface area contributed by atoms with Crippen LogP contribution in [0.5, 0.6) is 5.75 Å². The molecule has 0 atom stereocenters. The van der Waals surface area contributed by atoms with Crippen LogP contribution in [0.4, 0.5) is 0 Å². The summed E-state index contributed by atoms with van der Waals surface area (Å²) in [6.07, 6.45) is 2.19. The van der Waals surface area contributed by atoms with Gasteiger partial charge in [0, 0.05) is 30.0 Å². The van der Waals surface area contributed by atoms with Crippen molar-refractivity contribution in [3.63, 3.8) is 0 Å². The fraction of sp³-hybridized carbons (Fsp3) is 0.381. The molecule has 0 saturated heterocycles. The fourth-order valence-corrected chi connectivity index (χ4v) is 4.35. The van der Waals surface area contributed by atoms with Crippen molar-refractivity contribution in [2.24, 2.45) is 7.05 Å². The number of nitrogens with zero attached hydrogens (tertiary/aromatic N) is 4. The first-order chi connectivity index (χ1) is 14.0. The molecule has 0 unspecified atom stereocenters. The molecule has 0 amide bonds. The van der Waals surface area contributed by atoms with E-state index in [9.17, 15) is 4.79 Å². The first-order valence-corrected chi connectivity index (χ1v) is 10.9. The van der Waals surface area contributed by atoms with Crippen LogP contribution in [0.2, 0.25) is 5.02 Å². The van der Waals surface area contributed by atoms with Gasteiger partial charge in [0.1, 0.15) is 12.4 Å². The van der Waals surface area contributed by atoms with E-state index in [-0.39, 0.29) is 5.78 Å². The second kappa shape index (κ2) is 8.24. The summed E-state index contributed by atoms with van der Waals surface area (Å²) in [5, 5.41) is 9.98. The maximum atomic E-state index is 12.7. The van der Waals surface area contributed by atoms with Crippen molar-refractivity contribution in [1.29, 1.82) is 0 Å². The molecule has 8 heteroatoms. The van der Waals surface area contributed by atoms with E-state index in [1.807, 2.05) is 49.7 Å². The van der Waals surface area contributed by atoms with E-state index in [0.29, 0.717) is 29.2 Å². The van der Waals surface area contributed by atoms with Gasteiger partial charge in [-0.05, 0) is 44.9 Å². The molecule has 0 N–H and O–H groups in total. The summed E-state index contributed by atoms with van der Waals surface area (Å²) in [7, 11) is 1.98. The van der Waals surface area contributed by atoms with Crippen LogP contribution in [0.3, 0.4) is 0 Å². The Morgan fingerprint density at radius 1 is 1.28 bits per heavy atom. The predicted octanol–water partition coefficient (Wildman–Crippen LogP) is 4.78. The molecule has 1 aromatic carbocycles. The van der Waals surface area contributed by atoms with Crippen LogP contribution in [-0.4, -0.2) is 30.9 Å². The van der Waals surface area contributed by atoms with E-state index >= 15 is 0 Å². The maximum Gasteiger partial charge on any atom is 0.192 e. The lowest BCUT2D eigenvalue weighted by Crippen LogP contribution is -2.09. The molecule has 0 radical (unpaired) electrons. The Morgan fingerprint density at radius 2 is 2.03 bits per heavy atom. The number of aromatic nitrogens is 4. The number of para-hydroxylation sites is 1. The molecular formula is C21H23ClN4O2S. The summed E-state index contributed by atoms with van der Waals surface area (Å²) in [6, 6.07) is 9.71. The second-order valence-corrected chi connectivity index (χ2v) is 8.62. The number of carbonyl (C=O) groups excluding carboxylic acids is 1. The minimum absolute atomic E-state index is 0.107. The number of aryl methyl sites for hydroxylation is 1. The summed E-state index contributed by atoms with van der Waals surface area (Å²) < 4.78 is 9.99. The zero-order valence-electron chi connectivity index (χ0n) is 16.7. The zero-order valence-corrected chi connectivity index (χ0v) is 18.3. The summed E-state index contributed by atoms with van der Waals surface area (Å²) in [6.45, 7) is 4.27. The molecule has 3 aromatic rings. The minimum Gasteiger partial charge on any atom is -0.484 e. The van der Waals surface area contributed by atoms with Crippen LogP contribution in [0.15, 0.2) is 35.5 Å². The van der Waals surface area contributed by atoms with Gasteiger partial charge in [0.2, 0.25) is 0 Å². The Morgan fingerprint density at radius 3 is 2.69 bits per heavy atom. The van der Waals surface area contributed by atoms with Crippen LogP contribution in [0.25, 0.3) is 0 Å². The van der Waals surface area contributed by atoms with Crippen molar-refractivity contribution in [1.82, 2.24) is 19.3 Å². The highest BCUT2D eigenvalue weighted by Gasteiger charge is 2.30. The van der Waals surface area contributed by atoms with Crippen LogP contribution in [0.1, 0.15) is 46.5 Å². The molecule has 1 saturated carbocycles. The second-order valence-electron chi connectivity index (χ2n) is 7.27. The van der Waals surface area contributed by atoms with Crippen molar-refractivity contribution >= 4 is 29.1 Å². The number of benzene rings is 1. The predicted molar refractivity (Wildman–Crippen MR) is 114 cm³/mol. The molecule has 6 nitrogen and oxygen atoms in total. The number of Topliss-reactive ketones (excluding diaryl/α,β-unsaturated/α-hetero) is 1. The number of carbonyl (C=O) groups is 1. The first-order valence-electron chi connectivity index (χ1n) is 9.55. The van der Waals surface area contributed by atoms with Crippen molar-refractivity contribution in [2.45, 2.75) is 44.5 Å². The van der Waals surface area contributed by atoms with Gasteiger partial charge in [0.15, 0.2) is 16.8 Å². The Hall–Kier alpha value is -2.25. The normalized spacial score (nSPS) is 13.7. The van der Waals surface area contributed by atoms with Gasteiger partial charge in [0.25, 0.3) is 0 Å². The topological polar surface area (TPSA) is 61.9 Å². The van der Waals surface area contributed by atoms with Gasteiger partial charge in [-0.1, -0.05) is 35.5 Å². The highest BCUT2D eigenvalue weighted by Crippen LogP contribution is 2.39. The minimum atomic E-state index is 0.107. The van der Waals surface area contributed by atoms with Crippen LogP contribution < -0.4 is 4.74 Å². The third-order valence-corrected chi connectivity index (χ3v) is 6.50. The summed E-state index contributed by atoms with van der Waals surface area (Å²) in [4.78, 5) is 12.7. The zero-order chi connectivity index (χ0) is 20.5. The summed E-state index contributed by atoms with van der Waals surface area (Å²) >= 11 is 7.60. The monoisotopic (exact) mass is 430 g/mol. The van der Waals surface area contributed by atoms with Gasteiger partial charge in [0.05, 0.1) is 10.8 Å². The Balaban J connectivity index is 1.46. The number of rotatable bonds is 8. The van der Waals surface area contributed by atoms with E-state index in [1.165, 1.54) is 11.8 Å². The van der Waals surface area contributed by atoms with E-state index in [0.717, 1.165) is 40.8 Å². The molecule has 0 spiro atoms. The molecule has 4 rings (SSSR count). The Labute approximate surface area is 179 Å². The molecule has 2 heterocycles. The SMILES string of the molecule is Cc1cc(C(=O)CSc2nnc(COc3ccccc3Cl)n2C2CC2)c(C)n1C. The van der Waals surface area contributed by atoms with Crippen molar-refractivity contribution < 1.29 is 9.53 Å².